The average molecular weight is 228 g/mol. The van der Waals surface area contributed by atoms with Gasteiger partial charge in [-0.2, -0.15) is 14.0 Å². The summed E-state index contributed by atoms with van der Waals surface area (Å²) in [7, 11) is 0. The number of nitro benzene ring substituents is 1. The minimum absolute atomic E-state index is 0.0193. The van der Waals surface area contributed by atoms with Crippen LogP contribution in [-0.2, 0) is 0 Å². The van der Waals surface area contributed by atoms with Gasteiger partial charge in [-0.05, 0) is 18.6 Å². The summed E-state index contributed by atoms with van der Waals surface area (Å²) in [6, 6.07) is 3.83. The van der Waals surface area contributed by atoms with Crippen molar-refractivity contribution in [2.24, 2.45) is 0 Å². The fourth-order valence-electron chi connectivity index (χ4n) is 1.20. The average Bonchev–Trinajstić information content (AvgIpc) is 2.19. The monoisotopic (exact) mass is 228 g/mol. The van der Waals surface area contributed by atoms with Gasteiger partial charge in [-0.15, -0.1) is 0 Å². The van der Waals surface area contributed by atoms with Crippen molar-refractivity contribution in [1.29, 1.82) is 5.26 Å². The molecule has 0 heterocycles. The quantitative estimate of drug-likeness (QED) is 0.587. The Labute approximate surface area is 89.0 Å². The molecule has 0 radical (unpaired) electrons. The van der Waals surface area contributed by atoms with Gasteiger partial charge in [0.1, 0.15) is 0 Å². The molecular weight excluding hydrogens is 222 g/mol. The Hall–Kier alpha value is -2.23. The summed E-state index contributed by atoms with van der Waals surface area (Å²) in [5.74, 6) is -0.515. The molecular formula is C9H6F2N2O3. The van der Waals surface area contributed by atoms with Crippen LogP contribution in [-0.4, -0.2) is 11.5 Å². The molecule has 84 valence electrons. The number of nitriles is 1. The first kappa shape index (κ1) is 11.8. The molecule has 0 fully saturated rings. The van der Waals surface area contributed by atoms with Crippen molar-refractivity contribution < 1.29 is 18.4 Å². The highest BCUT2D eigenvalue weighted by atomic mass is 19.3. The van der Waals surface area contributed by atoms with Gasteiger partial charge in [-0.25, -0.2) is 0 Å². The van der Waals surface area contributed by atoms with Crippen molar-refractivity contribution in [3.63, 3.8) is 0 Å². The van der Waals surface area contributed by atoms with Crippen LogP contribution in [0.5, 0.6) is 5.75 Å². The van der Waals surface area contributed by atoms with Crippen molar-refractivity contribution in [1.82, 2.24) is 0 Å². The molecule has 7 heteroatoms. The Balaban J connectivity index is 3.35. The molecule has 16 heavy (non-hydrogen) atoms. The van der Waals surface area contributed by atoms with E-state index >= 15 is 0 Å². The van der Waals surface area contributed by atoms with E-state index in [9.17, 15) is 18.9 Å². The minimum Gasteiger partial charge on any atom is -0.427 e. The van der Waals surface area contributed by atoms with Crippen LogP contribution < -0.4 is 4.74 Å². The van der Waals surface area contributed by atoms with Gasteiger partial charge in [0.15, 0.2) is 0 Å². The lowest BCUT2D eigenvalue weighted by atomic mass is 10.1. The van der Waals surface area contributed by atoms with Crippen LogP contribution in [0.3, 0.4) is 0 Å². The van der Waals surface area contributed by atoms with Gasteiger partial charge >= 0.3 is 12.3 Å². The SMILES string of the molecule is Cc1cc(C#N)cc([N+](=O)[O-])c1OC(F)F. The molecule has 1 aromatic rings. The minimum atomic E-state index is -3.15. The number of hydrogen-bond donors (Lipinski definition) is 0. The molecule has 0 aromatic heterocycles. The summed E-state index contributed by atoms with van der Waals surface area (Å²) in [4.78, 5) is 9.73. The molecule has 0 unspecified atom stereocenters. The maximum absolute atomic E-state index is 12.0. The molecule has 0 aliphatic rings. The van der Waals surface area contributed by atoms with Crippen molar-refractivity contribution in [3.05, 3.63) is 33.4 Å². The molecule has 5 nitrogen and oxygen atoms in total. The molecule has 0 bridgehead atoms. The number of ether oxygens (including phenoxy) is 1. The lowest BCUT2D eigenvalue weighted by Crippen LogP contribution is -2.06. The Morgan fingerprint density at radius 2 is 2.19 bits per heavy atom. The zero-order valence-electron chi connectivity index (χ0n) is 8.11. The second kappa shape index (κ2) is 4.53. The Kier molecular flexibility index (Phi) is 3.35. The summed E-state index contributed by atoms with van der Waals surface area (Å²) in [6.07, 6.45) is 0. The molecule has 0 saturated heterocycles. The van der Waals surface area contributed by atoms with Crippen LogP contribution in [0.1, 0.15) is 11.1 Å². The van der Waals surface area contributed by atoms with Crippen molar-refractivity contribution >= 4 is 5.69 Å². The highest BCUT2D eigenvalue weighted by Gasteiger charge is 2.22. The molecule has 1 aromatic carbocycles. The van der Waals surface area contributed by atoms with E-state index in [-0.39, 0.29) is 11.1 Å². The molecule has 1 rings (SSSR count). The smallest absolute Gasteiger partial charge is 0.387 e. The van der Waals surface area contributed by atoms with E-state index in [0.29, 0.717) is 0 Å². The predicted octanol–water partition coefficient (Wildman–Crippen LogP) is 2.38. The first-order valence-electron chi connectivity index (χ1n) is 4.09. The van der Waals surface area contributed by atoms with Crippen LogP contribution >= 0.6 is 0 Å². The van der Waals surface area contributed by atoms with Crippen LogP contribution in [0.15, 0.2) is 12.1 Å². The number of nitrogens with zero attached hydrogens (tertiary/aromatic N) is 2. The summed E-state index contributed by atoms with van der Waals surface area (Å²) in [6.45, 7) is -1.80. The van der Waals surface area contributed by atoms with Crippen LogP contribution in [0.2, 0.25) is 0 Å². The third kappa shape index (κ3) is 2.42. The van der Waals surface area contributed by atoms with Crippen molar-refractivity contribution in [2.75, 3.05) is 0 Å². The van der Waals surface area contributed by atoms with E-state index in [1.165, 1.54) is 13.0 Å². The zero-order chi connectivity index (χ0) is 12.3. The second-order valence-corrected chi connectivity index (χ2v) is 2.89. The Bertz CT molecular complexity index is 469. The van der Waals surface area contributed by atoms with E-state index in [1.807, 2.05) is 0 Å². The number of rotatable bonds is 3. The third-order valence-electron chi connectivity index (χ3n) is 1.79. The molecule has 0 spiro atoms. The number of halogens is 2. The molecule has 0 aliphatic carbocycles. The first-order valence-corrected chi connectivity index (χ1v) is 4.09. The number of nitro groups is 1. The fourth-order valence-corrected chi connectivity index (χ4v) is 1.20. The summed E-state index contributed by atoms with van der Waals surface area (Å²) >= 11 is 0. The summed E-state index contributed by atoms with van der Waals surface area (Å²) in [5.41, 5.74) is -0.506. The van der Waals surface area contributed by atoms with E-state index in [2.05, 4.69) is 4.74 Å². The predicted molar refractivity (Wildman–Crippen MR) is 49.2 cm³/mol. The summed E-state index contributed by atoms with van der Waals surface area (Å²) < 4.78 is 28.1. The van der Waals surface area contributed by atoms with Gasteiger partial charge in [0.2, 0.25) is 5.75 Å². The number of hydrogen-bond acceptors (Lipinski definition) is 4. The Morgan fingerprint density at radius 1 is 1.56 bits per heavy atom. The molecule has 0 N–H and O–H groups in total. The van der Waals surface area contributed by atoms with Crippen LogP contribution in [0.4, 0.5) is 14.5 Å². The van der Waals surface area contributed by atoms with Crippen molar-refractivity contribution in [3.8, 4) is 11.8 Å². The van der Waals surface area contributed by atoms with Gasteiger partial charge in [-0.3, -0.25) is 10.1 Å². The lowest BCUT2D eigenvalue weighted by Gasteiger charge is -2.08. The van der Waals surface area contributed by atoms with E-state index < -0.39 is 23.0 Å². The second-order valence-electron chi connectivity index (χ2n) is 2.89. The molecule has 0 saturated carbocycles. The van der Waals surface area contributed by atoms with E-state index in [1.54, 1.807) is 6.07 Å². The number of alkyl halides is 2. The van der Waals surface area contributed by atoms with Crippen LogP contribution in [0, 0.1) is 28.4 Å². The molecule has 0 aliphatic heterocycles. The van der Waals surface area contributed by atoms with Gasteiger partial charge in [0, 0.05) is 6.07 Å². The maximum atomic E-state index is 12.0. The van der Waals surface area contributed by atoms with Gasteiger partial charge < -0.3 is 4.74 Å². The molecule has 0 atom stereocenters. The topological polar surface area (TPSA) is 76.2 Å². The standard InChI is InChI=1S/C9H6F2N2O3/c1-5-2-6(4-12)3-7(13(14)15)8(5)16-9(10)11/h2-3,9H,1H3. The molecule has 0 amide bonds. The zero-order valence-corrected chi connectivity index (χ0v) is 8.11. The van der Waals surface area contributed by atoms with Crippen LogP contribution in [0.25, 0.3) is 0 Å². The van der Waals surface area contributed by atoms with Gasteiger partial charge in [0.25, 0.3) is 0 Å². The van der Waals surface area contributed by atoms with E-state index in [4.69, 9.17) is 5.26 Å². The largest absolute Gasteiger partial charge is 0.427 e. The van der Waals surface area contributed by atoms with Gasteiger partial charge in [-0.1, -0.05) is 0 Å². The normalized spacial score (nSPS) is 9.94. The van der Waals surface area contributed by atoms with Crippen molar-refractivity contribution in [2.45, 2.75) is 13.5 Å². The summed E-state index contributed by atoms with van der Waals surface area (Å²) in [5, 5.41) is 19.2. The lowest BCUT2D eigenvalue weighted by molar-refractivity contribution is -0.386. The number of aryl methyl sites for hydroxylation is 1. The van der Waals surface area contributed by atoms with Gasteiger partial charge in [0.05, 0.1) is 16.6 Å². The highest BCUT2D eigenvalue weighted by molar-refractivity contribution is 5.56. The number of benzene rings is 1. The fraction of sp³-hybridized carbons (Fsp3) is 0.222. The van der Waals surface area contributed by atoms with E-state index in [0.717, 1.165) is 6.07 Å². The third-order valence-corrected chi connectivity index (χ3v) is 1.79. The Morgan fingerprint density at radius 3 is 2.62 bits per heavy atom. The first-order chi connectivity index (χ1) is 7.45. The maximum Gasteiger partial charge on any atom is 0.387 e. The highest BCUT2D eigenvalue weighted by Crippen LogP contribution is 2.33.